The number of hydrogen-bond donors (Lipinski definition) is 2. The normalized spacial score (nSPS) is 10.1. The highest BCUT2D eigenvalue weighted by atomic mass is 16.5. The zero-order chi connectivity index (χ0) is 9.97. The van der Waals surface area contributed by atoms with Gasteiger partial charge in [0.15, 0.2) is 5.82 Å². The first-order chi connectivity index (χ1) is 6.79. The summed E-state index contributed by atoms with van der Waals surface area (Å²) in [4.78, 5) is 14.8. The maximum atomic E-state index is 5.48. The SMILES string of the molecule is COc1nc(N)nc(-c2ccc[nH]2)n1. The average Bonchev–Trinajstić information content (AvgIpc) is 2.69. The number of nitrogens with zero attached hydrogens (tertiary/aromatic N) is 3. The van der Waals surface area contributed by atoms with E-state index in [2.05, 4.69) is 19.9 Å². The molecule has 72 valence electrons. The molecule has 0 aliphatic carbocycles. The summed E-state index contributed by atoms with van der Waals surface area (Å²) in [5.74, 6) is 0.612. The maximum absolute atomic E-state index is 5.48. The fraction of sp³-hybridized carbons (Fsp3) is 0.125. The van der Waals surface area contributed by atoms with Crippen molar-refractivity contribution in [2.45, 2.75) is 0 Å². The molecule has 2 heterocycles. The van der Waals surface area contributed by atoms with E-state index in [0.29, 0.717) is 5.82 Å². The van der Waals surface area contributed by atoms with Crippen molar-refractivity contribution in [3.05, 3.63) is 18.3 Å². The maximum Gasteiger partial charge on any atom is 0.321 e. The van der Waals surface area contributed by atoms with Gasteiger partial charge in [-0.2, -0.15) is 15.0 Å². The summed E-state index contributed by atoms with van der Waals surface area (Å²) in [6.07, 6.45) is 1.78. The fourth-order valence-corrected chi connectivity index (χ4v) is 1.05. The third kappa shape index (κ3) is 1.49. The lowest BCUT2D eigenvalue weighted by molar-refractivity contribution is 0.379. The first kappa shape index (κ1) is 8.49. The van der Waals surface area contributed by atoms with Gasteiger partial charge in [-0.1, -0.05) is 0 Å². The zero-order valence-electron chi connectivity index (χ0n) is 7.56. The molecular weight excluding hydrogens is 182 g/mol. The lowest BCUT2D eigenvalue weighted by atomic mass is 10.4. The number of nitrogen functional groups attached to an aromatic ring is 1. The second-order valence-corrected chi connectivity index (χ2v) is 2.59. The molecule has 0 fully saturated rings. The quantitative estimate of drug-likeness (QED) is 0.719. The second-order valence-electron chi connectivity index (χ2n) is 2.59. The van der Waals surface area contributed by atoms with Crippen molar-refractivity contribution in [3.63, 3.8) is 0 Å². The predicted octanol–water partition coefficient (Wildman–Crippen LogP) is 0.457. The Bertz CT molecular complexity index is 425. The van der Waals surface area contributed by atoms with Crippen molar-refractivity contribution in [3.8, 4) is 17.5 Å². The number of aromatic nitrogens is 4. The van der Waals surface area contributed by atoms with Crippen LogP contribution in [-0.2, 0) is 0 Å². The first-order valence-corrected chi connectivity index (χ1v) is 3.99. The van der Waals surface area contributed by atoms with E-state index in [9.17, 15) is 0 Å². The van der Waals surface area contributed by atoms with Gasteiger partial charge in [0.2, 0.25) is 5.95 Å². The molecule has 2 aromatic heterocycles. The molecule has 3 N–H and O–H groups in total. The van der Waals surface area contributed by atoms with Gasteiger partial charge in [-0.15, -0.1) is 0 Å². The molecule has 0 aliphatic heterocycles. The molecule has 0 radical (unpaired) electrons. The molecule has 0 unspecified atom stereocenters. The first-order valence-electron chi connectivity index (χ1n) is 3.99. The number of aromatic amines is 1. The molecule has 0 saturated carbocycles. The summed E-state index contributed by atoms with van der Waals surface area (Å²) < 4.78 is 4.88. The molecule has 0 aromatic carbocycles. The van der Waals surface area contributed by atoms with Crippen LogP contribution in [0.5, 0.6) is 6.01 Å². The Morgan fingerprint density at radius 1 is 1.36 bits per heavy atom. The Hall–Kier alpha value is -2.11. The molecule has 2 rings (SSSR count). The van der Waals surface area contributed by atoms with Crippen LogP contribution in [0.4, 0.5) is 5.95 Å². The average molecular weight is 191 g/mol. The molecular formula is C8H9N5O. The third-order valence-corrected chi connectivity index (χ3v) is 1.65. The van der Waals surface area contributed by atoms with Crippen LogP contribution in [-0.4, -0.2) is 27.0 Å². The van der Waals surface area contributed by atoms with Crippen LogP contribution in [0.1, 0.15) is 0 Å². The van der Waals surface area contributed by atoms with E-state index in [1.54, 1.807) is 6.20 Å². The Labute approximate surface area is 80.2 Å². The van der Waals surface area contributed by atoms with Gasteiger partial charge in [0.05, 0.1) is 12.8 Å². The highest BCUT2D eigenvalue weighted by Gasteiger charge is 2.06. The Morgan fingerprint density at radius 2 is 2.21 bits per heavy atom. The molecule has 14 heavy (non-hydrogen) atoms. The number of rotatable bonds is 2. The van der Waals surface area contributed by atoms with Gasteiger partial charge < -0.3 is 15.5 Å². The van der Waals surface area contributed by atoms with E-state index >= 15 is 0 Å². The largest absolute Gasteiger partial charge is 0.467 e. The molecule has 0 atom stereocenters. The Morgan fingerprint density at radius 3 is 2.86 bits per heavy atom. The van der Waals surface area contributed by atoms with Gasteiger partial charge in [0.1, 0.15) is 0 Å². The van der Waals surface area contributed by atoms with Crippen molar-refractivity contribution in [1.29, 1.82) is 0 Å². The number of nitrogens with one attached hydrogen (secondary N) is 1. The van der Waals surface area contributed by atoms with Crippen LogP contribution in [0.15, 0.2) is 18.3 Å². The molecule has 0 spiro atoms. The van der Waals surface area contributed by atoms with Crippen LogP contribution < -0.4 is 10.5 Å². The number of nitrogens with two attached hydrogens (primary N) is 1. The van der Waals surface area contributed by atoms with E-state index in [0.717, 1.165) is 5.69 Å². The standard InChI is InChI=1S/C8H9N5O/c1-14-8-12-6(11-7(9)13-8)5-3-2-4-10-5/h2-4,10H,1H3,(H2,9,11,12,13). The monoisotopic (exact) mass is 191 g/mol. The number of anilines is 1. The lowest BCUT2D eigenvalue weighted by Gasteiger charge is -2.01. The van der Waals surface area contributed by atoms with E-state index < -0.39 is 0 Å². The number of hydrogen-bond acceptors (Lipinski definition) is 5. The van der Waals surface area contributed by atoms with Crippen LogP contribution in [0.3, 0.4) is 0 Å². The van der Waals surface area contributed by atoms with Gasteiger partial charge in [0.25, 0.3) is 0 Å². The fourth-order valence-electron chi connectivity index (χ4n) is 1.05. The van der Waals surface area contributed by atoms with Crippen molar-refractivity contribution < 1.29 is 4.74 Å². The number of H-pyrrole nitrogens is 1. The summed E-state index contributed by atoms with van der Waals surface area (Å²) in [6.45, 7) is 0. The minimum absolute atomic E-state index is 0.140. The van der Waals surface area contributed by atoms with Gasteiger partial charge >= 0.3 is 6.01 Å². The zero-order valence-corrected chi connectivity index (χ0v) is 7.56. The topological polar surface area (TPSA) is 89.7 Å². The van der Waals surface area contributed by atoms with Gasteiger partial charge in [0, 0.05) is 6.20 Å². The third-order valence-electron chi connectivity index (χ3n) is 1.65. The number of ether oxygens (including phenoxy) is 1. The van der Waals surface area contributed by atoms with Crippen LogP contribution in [0, 0.1) is 0 Å². The van der Waals surface area contributed by atoms with Crippen LogP contribution >= 0.6 is 0 Å². The lowest BCUT2D eigenvalue weighted by Crippen LogP contribution is -2.02. The van der Waals surface area contributed by atoms with Gasteiger partial charge in [-0.25, -0.2) is 0 Å². The summed E-state index contributed by atoms with van der Waals surface area (Å²) in [5.41, 5.74) is 6.26. The van der Waals surface area contributed by atoms with Crippen LogP contribution in [0.25, 0.3) is 11.5 Å². The molecule has 0 bridgehead atoms. The smallest absolute Gasteiger partial charge is 0.321 e. The predicted molar refractivity (Wildman–Crippen MR) is 50.6 cm³/mol. The minimum atomic E-state index is 0.140. The highest BCUT2D eigenvalue weighted by Crippen LogP contribution is 2.14. The van der Waals surface area contributed by atoms with Crippen molar-refractivity contribution in [2.75, 3.05) is 12.8 Å². The summed E-state index contributed by atoms with van der Waals surface area (Å²) in [5, 5.41) is 0. The molecule has 2 aromatic rings. The van der Waals surface area contributed by atoms with Crippen molar-refractivity contribution >= 4 is 5.95 Å². The van der Waals surface area contributed by atoms with Crippen LogP contribution in [0.2, 0.25) is 0 Å². The molecule has 0 aliphatic rings. The molecule has 0 saturated heterocycles. The number of methoxy groups -OCH3 is 1. The molecule has 6 nitrogen and oxygen atoms in total. The summed E-state index contributed by atoms with van der Waals surface area (Å²) in [6, 6.07) is 3.90. The van der Waals surface area contributed by atoms with E-state index in [-0.39, 0.29) is 12.0 Å². The van der Waals surface area contributed by atoms with Crippen molar-refractivity contribution in [1.82, 2.24) is 19.9 Å². The molecule has 0 amide bonds. The van der Waals surface area contributed by atoms with Gasteiger partial charge in [-0.05, 0) is 12.1 Å². The Kier molecular flexibility index (Phi) is 2.02. The van der Waals surface area contributed by atoms with E-state index in [1.165, 1.54) is 7.11 Å². The molecule has 6 heteroatoms. The second kappa shape index (κ2) is 3.33. The van der Waals surface area contributed by atoms with E-state index in [4.69, 9.17) is 10.5 Å². The van der Waals surface area contributed by atoms with Gasteiger partial charge in [-0.3, -0.25) is 0 Å². The van der Waals surface area contributed by atoms with E-state index in [1.807, 2.05) is 12.1 Å². The Balaban J connectivity index is 2.48. The summed E-state index contributed by atoms with van der Waals surface area (Å²) >= 11 is 0. The highest BCUT2D eigenvalue weighted by molar-refractivity contribution is 5.50. The summed E-state index contributed by atoms with van der Waals surface area (Å²) in [7, 11) is 1.48. The minimum Gasteiger partial charge on any atom is -0.467 e. The van der Waals surface area contributed by atoms with Crippen molar-refractivity contribution in [2.24, 2.45) is 0 Å².